The van der Waals surface area contributed by atoms with Gasteiger partial charge in [-0.05, 0) is 42.5 Å². The maximum absolute atomic E-state index is 12.4. The molecule has 0 bridgehead atoms. The first kappa shape index (κ1) is 18.3. The van der Waals surface area contributed by atoms with Crippen LogP contribution in [0.4, 0.5) is 0 Å². The van der Waals surface area contributed by atoms with Crippen molar-refractivity contribution in [1.82, 2.24) is 14.8 Å². The fourth-order valence-electron chi connectivity index (χ4n) is 2.13. The standard InChI is InChI=1S/C16H13Cl2N3O2S2/c17-12-4-6-15(7-5-12)25(22,23)9-8-24-16-20-19-11-21(16)14-3-1-2-13(18)10-14/h1-7,10-11H,8-9H2. The molecule has 2 aromatic carbocycles. The van der Waals surface area contributed by atoms with Gasteiger partial charge in [0.1, 0.15) is 6.33 Å². The summed E-state index contributed by atoms with van der Waals surface area (Å²) >= 11 is 13.1. The summed E-state index contributed by atoms with van der Waals surface area (Å²) in [5.41, 5.74) is 0.820. The average Bonchev–Trinajstić information content (AvgIpc) is 3.03. The molecule has 0 aliphatic heterocycles. The highest BCUT2D eigenvalue weighted by Crippen LogP contribution is 2.23. The smallest absolute Gasteiger partial charge is 0.195 e. The van der Waals surface area contributed by atoms with Crippen LogP contribution < -0.4 is 0 Å². The lowest BCUT2D eigenvalue weighted by Crippen LogP contribution is -2.09. The van der Waals surface area contributed by atoms with Crippen molar-refractivity contribution in [2.75, 3.05) is 11.5 Å². The Morgan fingerprint density at radius 3 is 2.52 bits per heavy atom. The minimum absolute atomic E-state index is 0.0122. The molecule has 0 atom stereocenters. The van der Waals surface area contributed by atoms with Gasteiger partial charge in [-0.1, -0.05) is 41.0 Å². The predicted octanol–water partition coefficient (Wildman–Crippen LogP) is 4.14. The number of rotatable bonds is 6. The number of aromatic nitrogens is 3. The van der Waals surface area contributed by atoms with Crippen molar-refractivity contribution >= 4 is 44.8 Å². The van der Waals surface area contributed by atoms with Gasteiger partial charge < -0.3 is 0 Å². The van der Waals surface area contributed by atoms with Gasteiger partial charge in [-0.2, -0.15) is 0 Å². The minimum atomic E-state index is -3.37. The van der Waals surface area contributed by atoms with Crippen LogP contribution in [0, 0.1) is 0 Å². The van der Waals surface area contributed by atoms with Crippen LogP contribution in [0.5, 0.6) is 0 Å². The number of sulfone groups is 1. The average molecular weight is 414 g/mol. The molecule has 1 aromatic heterocycles. The number of nitrogens with zero attached hydrogens (tertiary/aromatic N) is 3. The van der Waals surface area contributed by atoms with Crippen molar-refractivity contribution < 1.29 is 8.42 Å². The van der Waals surface area contributed by atoms with Crippen molar-refractivity contribution in [3.05, 3.63) is 64.9 Å². The van der Waals surface area contributed by atoms with Crippen molar-refractivity contribution in [2.24, 2.45) is 0 Å². The third kappa shape index (κ3) is 4.55. The molecule has 0 radical (unpaired) electrons. The van der Waals surface area contributed by atoms with E-state index >= 15 is 0 Å². The largest absolute Gasteiger partial charge is 0.277 e. The van der Waals surface area contributed by atoms with Gasteiger partial charge >= 0.3 is 0 Å². The normalized spacial score (nSPS) is 11.6. The molecule has 0 amide bonds. The van der Waals surface area contributed by atoms with Crippen molar-refractivity contribution in [3.63, 3.8) is 0 Å². The van der Waals surface area contributed by atoms with Crippen LogP contribution in [0.25, 0.3) is 5.69 Å². The highest BCUT2D eigenvalue weighted by molar-refractivity contribution is 8.00. The number of hydrogen-bond acceptors (Lipinski definition) is 5. The molecule has 0 saturated heterocycles. The molecule has 25 heavy (non-hydrogen) atoms. The topological polar surface area (TPSA) is 64.8 Å². The van der Waals surface area contributed by atoms with Crippen LogP contribution >= 0.6 is 35.0 Å². The Hall–Kier alpha value is -1.54. The third-order valence-electron chi connectivity index (χ3n) is 3.36. The van der Waals surface area contributed by atoms with Gasteiger partial charge in [-0.3, -0.25) is 4.57 Å². The lowest BCUT2D eigenvalue weighted by atomic mass is 10.3. The summed E-state index contributed by atoms with van der Waals surface area (Å²) in [4.78, 5) is 0.258. The number of thioether (sulfide) groups is 1. The highest BCUT2D eigenvalue weighted by atomic mass is 35.5. The van der Waals surface area contributed by atoms with E-state index in [1.54, 1.807) is 35.2 Å². The monoisotopic (exact) mass is 413 g/mol. The number of hydrogen-bond donors (Lipinski definition) is 0. The zero-order valence-corrected chi connectivity index (χ0v) is 16.0. The summed E-state index contributed by atoms with van der Waals surface area (Å²) < 4.78 is 26.5. The molecular weight excluding hydrogens is 401 g/mol. The molecule has 0 unspecified atom stereocenters. The fourth-order valence-corrected chi connectivity index (χ4v) is 5.02. The Kier molecular flexibility index (Phi) is 5.68. The van der Waals surface area contributed by atoms with E-state index in [1.807, 2.05) is 12.1 Å². The van der Waals surface area contributed by atoms with Crippen LogP contribution in [-0.2, 0) is 9.84 Å². The van der Waals surface area contributed by atoms with Gasteiger partial charge in [0.15, 0.2) is 15.0 Å². The zero-order chi connectivity index (χ0) is 17.9. The van der Waals surface area contributed by atoms with Crippen LogP contribution in [0.15, 0.2) is 64.9 Å². The molecule has 3 aromatic rings. The van der Waals surface area contributed by atoms with E-state index < -0.39 is 9.84 Å². The SMILES string of the molecule is O=S(=O)(CCSc1nncn1-c1cccc(Cl)c1)c1ccc(Cl)cc1. The quantitative estimate of drug-likeness (QED) is 0.568. The Labute approximate surface area is 159 Å². The first-order valence-corrected chi connectivity index (χ1v) is 10.6. The summed E-state index contributed by atoms with van der Waals surface area (Å²) in [7, 11) is -3.37. The lowest BCUT2D eigenvalue weighted by Gasteiger charge is -2.07. The Morgan fingerprint density at radius 1 is 1.04 bits per heavy atom. The maximum Gasteiger partial charge on any atom is 0.195 e. The van der Waals surface area contributed by atoms with Gasteiger partial charge in [0, 0.05) is 15.8 Å². The van der Waals surface area contributed by atoms with E-state index in [0.29, 0.717) is 21.0 Å². The van der Waals surface area contributed by atoms with Crippen LogP contribution in [0.1, 0.15) is 0 Å². The fraction of sp³-hybridized carbons (Fsp3) is 0.125. The van der Waals surface area contributed by atoms with E-state index in [1.165, 1.54) is 23.9 Å². The van der Waals surface area contributed by atoms with Crippen molar-refractivity contribution in [3.8, 4) is 5.69 Å². The minimum Gasteiger partial charge on any atom is -0.277 e. The van der Waals surface area contributed by atoms with Gasteiger partial charge in [0.05, 0.1) is 16.3 Å². The second-order valence-electron chi connectivity index (χ2n) is 5.08. The third-order valence-corrected chi connectivity index (χ3v) is 6.78. The van der Waals surface area contributed by atoms with Gasteiger partial charge in [-0.25, -0.2) is 8.42 Å². The van der Waals surface area contributed by atoms with Crippen LogP contribution in [0.2, 0.25) is 10.0 Å². The summed E-state index contributed by atoms with van der Waals surface area (Å²) in [6.07, 6.45) is 1.57. The summed E-state index contributed by atoms with van der Waals surface area (Å²) in [6, 6.07) is 13.4. The molecular formula is C16H13Cl2N3O2S2. The maximum atomic E-state index is 12.4. The molecule has 0 aliphatic carbocycles. The molecule has 5 nitrogen and oxygen atoms in total. The molecule has 1 heterocycles. The Morgan fingerprint density at radius 2 is 1.80 bits per heavy atom. The Balaban J connectivity index is 1.69. The molecule has 0 aliphatic rings. The molecule has 3 rings (SSSR count). The molecule has 0 N–H and O–H groups in total. The second-order valence-corrected chi connectivity index (χ2v) is 9.13. The van der Waals surface area contributed by atoms with Crippen LogP contribution in [0.3, 0.4) is 0 Å². The first-order valence-electron chi connectivity index (χ1n) is 7.23. The second kappa shape index (κ2) is 7.78. The number of benzene rings is 2. The van der Waals surface area contributed by atoms with Crippen LogP contribution in [-0.4, -0.2) is 34.7 Å². The van der Waals surface area contributed by atoms with E-state index in [4.69, 9.17) is 23.2 Å². The van der Waals surface area contributed by atoms with Crippen molar-refractivity contribution in [1.29, 1.82) is 0 Å². The van der Waals surface area contributed by atoms with E-state index in [2.05, 4.69) is 10.2 Å². The molecule has 0 fully saturated rings. The van der Waals surface area contributed by atoms with Gasteiger partial charge in [0.2, 0.25) is 0 Å². The summed E-state index contributed by atoms with van der Waals surface area (Å²) in [6.45, 7) is 0. The van der Waals surface area contributed by atoms with Gasteiger partial charge in [-0.15, -0.1) is 10.2 Å². The predicted molar refractivity (Wildman–Crippen MR) is 101 cm³/mol. The summed E-state index contributed by atoms with van der Waals surface area (Å²) in [5.74, 6) is 0.339. The molecule has 0 spiro atoms. The van der Waals surface area contributed by atoms with Crippen molar-refractivity contribution in [2.45, 2.75) is 10.1 Å². The summed E-state index contributed by atoms with van der Waals surface area (Å²) in [5, 5.41) is 9.65. The zero-order valence-electron chi connectivity index (χ0n) is 12.8. The highest BCUT2D eigenvalue weighted by Gasteiger charge is 2.15. The van der Waals surface area contributed by atoms with E-state index in [-0.39, 0.29) is 10.6 Å². The van der Waals surface area contributed by atoms with E-state index in [9.17, 15) is 8.42 Å². The Bertz CT molecular complexity index is 973. The number of halogens is 2. The first-order chi connectivity index (χ1) is 12.0. The molecule has 9 heteroatoms. The molecule has 0 saturated carbocycles. The van der Waals surface area contributed by atoms with E-state index in [0.717, 1.165) is 5.69 Å². The van der Waals surface area contributed by atoms with Gasteiger partial charge in [0.25, 0.3) is 0 Å². The molecule has 130 valence electrons. The lowest BCUT2D eigenvalue weighted by molar-refractivity contribution is 0.597.